The van der Waals surface area contributed by atoms with E-state index in [1.165, 1.54) is 0 Å². The van der Waals surface area contributed by atoms with Crippen LogP contribution in [0.1, 0.15) is 12.1 Å². The molecule has 1 aromatic carbocycles. The van der Waals surface area contributed by atoms with Crippen molar-refractivity contribution >= 4 is 16.8 Å². The average molecular weight is 269 g/mol. The van der Waals surface area contributed by atoms with E-state index in [9.17, 15) is 4.79 Å². The minimum atomic E-state index is -0.424. The number of benzene rings is 1. The molecule has 0 unspecified atom stereocenters. The molecule has 3 rings (SSSR count). The third-order valence-electron chi connectivity index (χ3n) is 3.09. The van der Waals surface area contributed by atoms with Crippen molar-refractivity contribution in [3.63, 3.8) is 0 Å². The minimum absolute atomic E-state index is 0.424. The molecule has 0 bridgehead atoms. The maximum atomic E-state index is 11.1. The second-order valence-corrected chi connectivity index (χ2v) is 4.58. The predicted octanol–water partition coefficient (Wildman–Crippen LogP) is 2.56. The van der Waals surface area contributed by atoms with E-state index < -0.39 is 5.76 Å². The van der Waals surface area contributed by atoms with Crippen LogP contribution in [0.5, 0.6) is 0 Å². The van der Waals surface area contributed by atoms with Gasteiger partial charge in [0.1, 0.15) is 0 Å². The normalized spacial score (nSPS) is 10.8. The Hall–Kier alpha value is -2.56. The highest BCUT2D eigenvalue weighted by molar-refractivity contribution is 5.76. The summed E-state index contributed by atoms with van der Waals surface area (Å²) in [6.07, 6.45) is 3.74. The minimum Gasteiger partial charge on any atom is -0.408 e. The van der Waals surface area contributed by atoms with E-state index in [-0.39, 0.29) is 0 Å². The highest BCUT2D eigenvalue weighted by atomic mass is 16.4. The maximum Gasteiger partial charge on any atom is 0.417 e. The van der Waals surface area contributed by atoms with Gasteiger partial charge in [-0.05, 0) is 37.1 Å². The molecule has 0 atom stereocenters. The first-order chi connectivity index (χ1) is 9.81. The molecule has 0 fully saturated rings. The number of H-pyrrole nitrogens is 1. The van der Waals surface area contributed by atoms with Gasteiger partial charge in [0.05, 0.1) is 5.52 Å². The number of hydrogen-bond acceptors (Lipinski definition) is 4. The molecular weight excluding hydrogens is 254 g/mol. The first kappa shape index (κ1) is 12.5. The van der Waals surface area contributed by atoms with Gasteiger partial charge in [-0.2, -0.15) is 0 Å². The fraction of sp³-hybridized carbons (Fsp3) is 0.200. The van der Waals surface area contributed by atoms with Crippen LogP contribution in [-0.2, 0) is 6.42 Å². The number of nitrogens with one attached hydrogen (secondary N) is 2. The monoisotopic (exact) mass is 269 g/mol. The van der Waals surface area contributed by atoms with Crippen LogP contribution in [0, 0.1) is 0 Å². The molecule has 3 aromatic rings. The summed E-state index contributed by atoms with van der Waals surface area (Å²) in [7, 11) is 0. The van der Waals surface area contributed by atoms with Crippen molar-refractivity contribution in [1.82, 2.24) is 9.97 Å². The molecule has 2 N–H and O–H groups in total. The molecule has 0 saturated heterocycles. The summed E-state index contributed by atoms with van der Waals surface area (Å²) in [4.78, 5) is 18.0. The first-order valence-corrected chi connectivity index (χ1v) is 6.58. The van der Waals surface area contributed by atoms with Crippen LogP contribution in [-0.4, -0.2) is 16.5 Å². The van der Waals surface area contributed by atoms with Crippen molar-refractivity contribution in [2.45, 2.75) is 12.8 Å². The van der Waals surface area contributed by atoms with Crippen molar-refractivity contribution in [2.24, 2.45) is 0 Å². The van der Waals surface area contributed by atoms with Crippen LogP contribution in [0.3, 0.4) is 0 Å². The molecule has 0 amide bonds. The number of nitrogens with zero attached hydrogens (tertiary/aromatic N) is 1. The van der Waals surface area contributed by atoms with Gasteiger partial charge in [0, 0.05) is 30.2 Å². The molecule has 0 radical (unpaired) electrons. The highest BCUT2D eigenvalue weighted by Crippen LogP contribution is 2.16. The maximum absolute atomic E-state index is 11.1. The molecule has 0 aliphatic heterocycles. The van der Waals surface area contributed by atoms with Crippen molar-refractivity contribution in [2.75, 3.05) is 11.9 Å². The zero-order chi connectivity index (χ0) is 13.8. The van der Waals surface area contributed by atoms with E-state index in [1.54, 1.807) is 0 Å². The molecule has 0 aliphatic carbocycles. The molecule has 2 heterocycles. The lowest BCUT2D eigenvalue weighted by atomic mass is 10.2. The number of anilines is 1. The fourth-order valence-corrected chi connectivity index (χ4v) is 2.10. The lowest BCUT2D eigenvalue weighted by Crippen LogP contribution is -2.03. The van der Waals surface area contributed by atoms with Gasteiger partial charge in [-0.15, -0.1) is 0 Å². The van der Waals surface area contributed by atoms with E-state index in [0.717, 1.165) is 30.8 Å². The Morgan fingerprint density at radius 2 is 2.20 bits per heavy atom. The molecule has 0 spiro atoms. The van der Waals surface area contributed by atoms with Crippen LogP contribution in [0.4, 0.5) is 5.69 Å². The third kappa shape index (κ3) is 2.88. The summed E-state index contributed by atoms with van der Waals surface area (Å²) in [6.45, 7) is 0.844. The van der Waals surface area contributed by atoms with E-state index in [1.807, 2.05) is 42.6 Å². The van der Waals surface area contributed by atoms with Gasteiger partial charge in [-0.3, -0.25) is 9.97 Å². The number of hydrogen-bond donors (Lipinski definition) is 2. The van der Waals surface area contributed by atoms with E-state index in [0.29, 0.717) is 11.1 Å². The average Bonchev–Trinajstić information content (AvgIpc) is 2.84. The quantitative estimate of drug-likeness (QED) is 0.698. The second-order valence-electron chi connectivity index (χ2n) is 4.58. The number of fused-ring (bicyclic) bond motifs is 1. The fourth-order valence-electron chi connectivity index (χ4n) is 2.10. The Labute approximate surface area is 115 Å². The van der Waals surface area contributed by atoms with E-state index in [2.05, 4.69) is 15.3 Å². The first-order valence-electron chi connectivity index (χ1n) is 6.58. The molecule has 102 valence electrons. The number of pyridine rings is 1. The molecule has 5 nitrogen and oxygen atoms in total. The van der Waals surface area contributed by atoms with E-state index >= 15 is 0 Å². The number of rotatable bonds is 5. The standard InChI is InChI=1S/C15H15N3O2/c19-15-18-13-7-6-12(10-14(13)20-15)17-9-3-5-11-4-1-2-8-16-11/h1-2,4,6-8,10,17H,3,5,9H2,(H,18,19). The van der Waals surface area contributed by atoms with E-state index in [4.69, 9.17) is 4.42 Å². The number of oxazole rings is 1. The zero-order valence-electron chi connectivity index (χ0n) is 10.9. The Kier molecular flexibility index (Phi) is 3.50. The SMILES string of the molecule is O=c1[nH]c2ccc(NCCCc3ccccn3)cc2o1. The predicted molar refractivity (Wildman–Crippen MR) is 77.9 cm³/mol. The summed E-state index contributed by atoms with van der Waals surface area (Å²) >= 11 is 0. The van der Waals surface area contributed by atoms with Gasteiger partial charge in [0.25, 0.3) is 0 Å². The Bertz CT molecular complexity index is 746. The van der Waals surface area contributed by atoms with Crippen molar-refractivity contribution in [3.05, 3.63) is 58.8 Å². The number of aromatic nitrogens is 2. The number of aryl methyl sites for hydroxylation is 1. The lowest BCUT2D eigenvalue weighted by Gasteiger charge is -2.05. The van der Waals surface area contributed by atoms with Crippen LogP contribution in [0.2, 0.25) is 0 Å². The van der Waals surface area contributed by atoms with Gasteiger partial charge < -0.3 is 9.73 Å². The Balaban J connectivity index is 1.56. The topological polar surface area (TPSA) is 70.9 Å². The van der Waals surface area contributed by atoms with Gasteiger partial charge in [-0.25, -0.2) is 4.79 Å². The molecule has 2 aromatic heterocycles. The molecule has 20 heavy (non-hydrogen) atoms. The van der Waals surface area contributed by atoms with Gasteiger partial charge in [0.2, 0.25) is 0 Å². The van der Waals surface area contributed by atoms with Crippen LogP contribution < -0.4 is 11.1 Å². The van der Waals surface area contributed by atoms with Crippen molar-refractivity contribution in [3.8, 4) is 0 Å². The summed E-state index contributed by atoms with van der Waals surface area (Å²) < 4.78 is 5.02. The summed E-state index contributed by atoms with van der Waals surface area (Å²) in [5.41, 5.74) is 3.33. The molecule has 0 saturated carbocycles. The van der Waals surface area contributed by atoms with Gasteiger partial charge in [0.15, 0.2) is 5.58 Å². The van der Waals surface area contributed by atoms with Crippen LogP contribution in [0.25, 0.3) is 11.1 Å². The molecule has 5 heteroatoms. The van der Waals surface area contributed by atoms with Crippen molar-refractivity contribution in [1.29, 1.82) is 0 Å². The largest absolute Gasteiger partial charge is 0.417 e. The Morgan fingerprint density at radius 3 is 3.05 bits per heavy atom. The number of aromatic amines is 1. The van der Waals surface area contributed by atoms with Gasteiger partial charge >= 0.3 is 5.76 Å². The summed E-state index contributed by atoms with van der Waals surface area (Å²) in [5.74, 6) is -0.424. The summed E-state index contributed by atoms with van der Waals surface area (Å²) in [5, 5.41) is 3.31. The highest BCUT2D eigenvalue weighted by Gasteiger charge is 2.01. The van der Waals surface area contributed by atoms with Gasteiger partial charge in [-0.1, -0.05) is 6.07 Å². The molecule has 0 aliphatic rings. The lowest BCUT2D eigenvalue weighted by molar-refractivity contribution is 0.555. The van der Waals surface area contributed by atoms with Crippen LogP contribution >= 0.6 is 0 Å². The summed E-state index contributed by atoms with van der Waals surface area (Å²) in [6, 6.07) is 11.5. The molecular formula is C15H15N3O2. The second kappa shape index (κ2) is 5.61. The Morgan fingerprint density at radius 1 is 1.25 bits per heavy atom. The zero-order valence-corrected chi connectivity index (χ0v) is 10.9. The third-order valence-corrected chi connectivity index (χ3v) is 3.09. The smallest absolute Gasteiger partial charge is 0.408 e. The van der Waals surface area contributed by atoms with Crippen LogP contribution in [0.15, 0.2) is 51.8 Å². The van der Waals surface area contributed by atoms with Crippen molar-refractivity contribution < 1.29 is 4.42 Å².